The van der Waals surface area contributed by atoms with Crippen molar-refractivity contribution in [2.45, 2.75) is 134 Å². The highest BCUT2D eigenvalue weighted by Crippen LogP contribution is 2.59. The average molecular weight is 808 g/mol. The number of rotatable bonds is 10. The third-order valence-electron chi connectivity index (χ3n) is 9.34. The van der Waals surface area contributed by atoms with Crippen LogP contribution in [-0.2, 0) is 49.4 Å². The van der Waals surface area contributed by atoms with Crippen molar-refractivity contribution in [2.75, 3.05) is 6.54 Å². The summed E-state index contributed by atoms with van der Waals surface area (Å²) in [5.74, 6) is 0. The third kappa shape index (κ3) is 6.07. The van der Waals surface area contributed by atoms with E-state index in [-0.39, 0.29) is 19.4 Å². The van der Waals surface area contributed by atoms with E-state index in [1.54, 1.807) is 6.55 Å². The maximum atomic E-state index is 10.0. The van der Waals surface area contributed by atoms with Crippen molar-refractivity contribution in [3.05, 3.63) is 11.4 Å². The molecule has 268 valence electrons. The molecule has 6 aliphatic heterocycles. The fourth-order valence-electron chi connectivity index (χ4n) is 6.15. The molecule has 6 rings (SSSR count). The molecule has 7 atom stereocenters. The van der Waals surface area contributed by atoms with E-state index in [9.17, 15) is 10.5 Å². The predicted octanol–water partition coefficient (Wildman–Crippen LogP) is 5.95. The molecule has 0 aromatic carbocycles. The zero-order chi connectivity index (χ0) is 35.8. The molecular weight excluding hydrogens is 759 g/mol. The van der Waals surface area contributed by atoms with Gasteiger partial charge in [0.1, 0.15) is 0 Å². The molecule has 0 saturated carbocycles. The molecule has 0 aromatic heterocycles. The molecule has 15 nitrogen and oxygen atoms in total. The van der Waals surface area contributed by atoms with Crippen molar-refractivity contribution >= 4 is 70.4 Å². The lowest BCUT2D eigenvalue weighted by atomic mass is 10.4. The minimum absolute atomic E-state index is 0.0124. The van der Waals surface area contributed by atoms with Gasteiger partial charge in [0.15, 0.2) is 0 Å². The molecule has 48 heavy (non-hydrogen) atoms. The standard InChI is InChI=1S/C25H49N3O12Si8/c1-19(2)42-29-41(13)30-43(20(3)4)33-45(22(7)8)37-46(31-41,23(9)14-16-26)36-44(32-42,21(5)6)38-48(39-45,25(11)18-28-12)40-47(34-42,35-43)24(10)15-17-27/h19-25H,14-15,18H2,1-11,13H3. The number of nitrogens with zero attached hydrogens (tertiary/aromatic N) is 3. The minimum atomic E-state index is -4.29. The summed E-state index contributed by atoms with van der Waals surface area (Å²) in [6.45, 7) is 30.6. The van der Waals surface area contributed by atoms with E-state index in [0.717, 1.165) is 0 Å². The molecule has 6 fully saturated rings. The highest BCUT2D eigenvalue weighted by atomic mass is 28.6. The summed E-state index contributed by atoms with van der Waals surface area (Å²) in [5.41, 5.74) is -3.49. The lowest BCUT2D eigenvalue weighted by molar-refractivity contribution is -0.0412. The second kappa shape index (κ2) is 13.0. The Hall–Kier alpha value is -0.275. The largest absolute Gasteiger partial charge is 0.489 e. The van der Waals surface area contributed by atoms with Gasteiger partial charge in [-0.1, -0.05) is 76.2 Å². The molecule has 6 aliphatic rings. The fraction of sp³-hybridized carbons (Fsp3) is 0.880. The van der Waals surface area contributed by atoms with E-state index in [2.05, 4.69) is 17.0 Å². The molecule has 0 aliphatic carbocycles. The maximum absolute atomic E-state index is 10.0. The van der Waals surface area contributed by atoms with Crippen LogP contribution in [0.3, 0.4) is 0 Å². The minimum Gasteiger partial charge on any atom is -0.373 e. The van der Waals surface area contributed by atoms with E-state index < -0.39 is 109 Å². The first kappa shape index (κ1) is 38.9. The topological polar surface area (TPSA) is 163 Å². The molecule has 6 heterocycles. The van der Waals surface area contributed by atoms with Crippen LogP contribution >= 0.6 is 0 Å². The Bertz CT molecular complexity index is 1340. The lowest BCUT2D eigenvalue weighted by Gasteiger charge is -2.65. The number of nitriles is 2. The molecule has 0 amide bonds. The van der Waals surface area contributed by atoms with Crippen molar-refractivity contribution in [2.24, 2.45) is 0 Å². The van der Waals surface area contributed by atoms with Gasteiger partial charge in [-0.3, -0.25) is 0 Å². The molecule has 23 heteroatoms. The Morgan fingerprint density at radius 3 is 1.02 bits per heavy atom. The van der Waals surface area contributed by atoms with Gasteiger partial charge in [-0.2, -0.15) is 10.5 Å². The highest BCUT2D eigenvalue weighted by Gasteiger charge is 2.86. The summed E-state index contributed by atoms with van der Waals surface area (Å²) in [7, 11) is -33.2. The van der Waals surface area contributed by atoms with Gasteiger partial charge in [-0.15, -0.1) is 0 Å². The van der Waals surface area contributed by atoms with Crippen molar-refractivity contribution in [3.63, 3.8) is 0 Å². The van der Waals surface area contributed by atoms with Gasteiger partial charge in [0.2, 0.25) is 6.54 Å². The van der Waals surface area contributed by atoms with Gasteiger partial charge in [-0.25, -0.2) is 6.57 Å². The summed E-state index contributed by atoms with van der Waals surface area (Å²) < 4.78 is 88.1. The normalized spacial score (nSPS) is 45.4. The quantitative estimate of drug-likeness (QED) is 0.188. The Morgan fingerprint density at radius 2 is 0.708 bits per heavy atom. The Kier molecular flexibility index (Phi) is 10.5. The third-order valence-corrected chi connectivity index (χ3v) is 47.6. The first-order valence-electron chi connectivity index (χ1n) is 16.7. The molecule has 0 aromatic rings. The van der Waals surface area contributed by atoms with E-state index >= 15 is 0 Å². The summed E-state index contributed by atoms with van der Waals surface area (Å²) >= 11 is 0. The maximum Gasteiger partial charge on any atom is 0.489 e. The fourth-order valence-corrected chi connectivity index (χ4v) is 59.2. The molecule has 0 N–H and O–H groups in total. The van der Waals surface area contributed by atoms with Gasteiger partial charge in [0.05, 0.1) is 17.7 Å². The molecule has 7 unspecified atom stereocenters. The highest BCUT2D eigenvalue weighted by molar-refractivity contribution is 7.04. The molecule has 6 saturated heterocycles. The smallest absolute Gasteiger partial charge is 0.373 e. The SMILES string of the molecule is [C-]#[N+]CC(C)[Si]12O[Si]3(C(C)C)O[Si]4(C(C)C)O[Si]5(C)O[Si](C(C)C)(O[Si](C(C)C)(O[Si](C(C)CC#N)(O5)O3)O1)O[Si](C(C)CC#N)(O4)O2. The van der Waals surface area contributed by atoms with E-state index in [0.29, 0.717) is 0 Å². The van der Waals surface area contributed by atoms with Crippen LogP contribution in [0.4, 0.5) is 0 Å². The van der Waals surface area contributed by atoms with Gasteiger partial charge >= 0.3 is 70.4 Å². The Balaban J connectivity index is 1.99. The van der Waals surface area contributed by atoms with Crippen LogP contribution in [-0.4, -0.2) is 77.0 Å². The molecule has 0 spiro atoms. The van der Waals surface area contributed by atoms with E-state index in [1.807, 2.05) is 76.2 Å². The second-order valence-electron chi connectivity index (χ2n) is 14.7. The van der Waals surface area contributed by atoms with E-state index in [4.69, 9.17) is 56.0 Å². The second-order valence-corrected chi connectivity index (χ2v) is 42.2. The van der Waals surface area contributed by atoms with Gasteiger partial charge in [0.25, 0.3) is 0 Å². The zero-order valence-electron chi connectivity index (χ0n) is 29.9. The Labute approximate surface area is 293 Å². The van der Waals surface area contributed by atoms with Gasteiger partial charge < -0.3 is 54.2 Å². The lowest BCUT2D eigenvalue weighted by Crippen LogP contribution is -2.90. The van der Waals surface area contributed by atoms with Gasteiger partial charge in [-0.05, 0) is 0 Å². The van der Waals surface area contributed by atoms with Gasteiger partial charge in [0, 0.05) is 52.6 Å². The van der Waals surface area contributed by atoms with Crippen molar-refractivity contribution in [1.82, 2.24) is 0 Å². The summed E-state index contributed by atoms with van der Waals surface area (Å²) in [6, 6.07) is 4.54. The summed E-state index contributed by atoms with van der Waals surface area (Å²) in [5, 5.41) is 20.0. The first-order valence-corrected chi connectivity index (χ1v) is 31.5. The van der Waals surface area contributed by atoms with Crippen LogP contribution in [0.5, 0.6) is 0 Å². The Morgan fingerprint density at radius 1 is 0.458 bits per heavy atom. The summed E-state index contributed by atoms with van der Waals surface area (Å²) in [4.78, 5) is 3.75. The summed E-state index contributed by atoms with van der Waals surface area (Å²) in [6.07, 6.45) is 0.0434. The van der Waals surface area contributed by atoms with Crippen LogP contribution < -0.4 is 0 Å². The first-order chi connectivity index (χ1) is 22.2. The van der Waals surface area contributed by atoms with E-state index in [1.165, 1.54) is 0 Å². The number of hydrogen-bond donors (Lipinski definition) is 0. The number of hydrogen-bond acceptors (Lipinski definition) is 14. The van der Waals surface area contributed by atoms with Crippen LogP contribution in [0, 0.1) is 29.2 Å². The van der Waals surface area contributed by atoms with Crippen molar-refractivity contribution in [3.8, 4) is 12.1 Å². The molecular formula is C25H49N3O12Si8. The van der Waals surface area contributed by atoms with Crippen LogP contribution in [0.2, 0.25) is 45.3 Å². The van der Waals surface area contributed by atoms with Crippen molar-refractivity contribution < 1.29 is 49.4 Å². The monoisotopic (exact) mass is 807 g/mol. The predicted molar refractivity (Wildman–Crippen MR) is 186 cm³/mol. The van der Waals surface area contributed by atoms with Crippen molar-refractivity contribution in [1.29, 1.82) is 10.5 Å². The van der Waals surface area contributed by atoms with Crippen LogP contribution in [0.25, 0.3) is 4.85 Å². The zero-order valence-corrected chi connectivity index (χ0v) is 37.9. The molecule has 0 radical (unpaired) electrons. The average Bonchev–Trinajstić information content (AvgIpc) is 2.91. The molecule has 8 bridgehead atoms. The van der Waals surface area contributed by atoms with Crippen LogP contribution in [0.1, 0.15) is 89.0 Å². The van der Waals surface area contributed by atoms with Crippen LogP contribution in [0.15, 0.2) is 0 Å².